The van der Waals surface area contributed by atoms with E-state index >= 15 is 0 Å². The van der Waals surface area contributed by atoms with E-state index in [4.69, 9.17) is 4.74 Å². The quantitative estimate of drug-likeness (QED) is 0.850. The van der Waals surface area contributed by atoms with E-state index in [1.54, 1.807) is 6.20 Å². The van der Waals surface area contributed by atoms with Crippen LogP contribution in [0.3, 0.4) is 0 Å². The number of ether oxygens (including phenoxy) is 1. The van der Waals surface area contributed by atoms with Gasteiger partial charge in [0.05, 0.1) is 12.8 Å². The van der Waals surface area contributed by atoms with Gasteiger partial charge in [-0.05, 0) is 25.2 Å². The lowest BCUT2D eigenvalue weighted by atomic mass is 10.4. The number of anilines is 1. The van der Waals surface area contributed by atoms with Crippen LogP contribution in [0.15, 0.2) is 18.6 Å². The zero-order valence-corrected chi connectivity index (χ0v) is 10.6. The van der Waals surface area contributed by atoms with Gasteiger partial charge in [-0.2, -0.15) is 4.98 Å². The maximum absolute atomic E-state index is 5.79. The Labute approximate surface area is 106 Å². The summed E-state index contributed by atoms with van der Waals surface area (Å²) in [6, 6.07) is 0. The lowest BCUT2D eigenvalue weighted by Gasteiger charge is -2.09. The second-order valence-electron chi connectivity index (χ2n) is 4.77. The fourth-order valence-electron chi connectivity index (χ4n) is 1.82. The minimum atomic E-state index is 0.632. The molecule has 0 aliphatic heterocycles. The molecule has 0 unspecified atom stereocenters. The van der Waals surface area contributed by atoms with Crippen LogP contribution in [0.1, 0.15) is 26.2 Å². The number of rotatable bonds is 6. The van der Waals surface area contributed by atoms with Crippen molar-refractivity contribution in [3.05, 3.63) is 18.6 Å². The Hall–Kier alpha value is -1.78. The molecule has 2 aromatic rings. The molecule has 0 spiro atoms. The first-order valence-corrected chi connectivity index (χ1v) is 6.57. The van der Waals surface area contributed by atoms with Gasteiger partial charge in [0.25, 0.3) is 5.88 Å². The summed E-state index contributed by atoms with van der Waals surface area (Å²) in [5.74, 6) is 2.19. The lowest BCUT2D eigenvalue weighted by Crippen LogP contribution is -2.07. The summed E-state index contributed by atoms with van der Waals surface area (Å²) in [6.45, 7) is 3.80. The molecule has 1 saturated carbocycles. The summed E-state index contributed by atoms with van der Waals surface area (Å²) in [7, 11) is 0. The molecule has 3 rings (SSSR count). The smallest absolute Gasteiger partial charge is 0.260 e. The first kappa shape index (κ1) is 11.3. The molecule has 1 aliphatic rings. The standard InChI is InChI=1S/C13H18N4O/c1-2-5-14-11-8-17-7-6-15-12(17)13(16-11)18-9-10-3-4-10/h6-8,10,14H,2-5,9H2,1H3. The van der Waals surface area contributed by atoms with E-state index in [1.165, 1.54) is 12.8 Å². The van der Waals surface area contributed by atoms with Gasteiger partial charge in [-0.15, -0.1) is 0 Å². The van der Waals surface area contributed by atoms with Gasteiger partial charge in [0.1, 0.15) is 5.82 Å². The Morgan fingerprint density at radius 3 is 3.17 bits per heavy atom. The Morgan fingerprint density at radius 1 is 1.50 bits per heavy atom. The molecule has 0 bridgehead atoms. The van der Waals surface area contributed by atoms with Crippen LogP contribution in [0.2, 0.25) is 0 Å². The van der Waals surface area contributed by atoms with Crippen LogP contribution in [0.4, 0.5) is 5.82 Å². The predicted octanol–water partition coefficient (Wildman–Crippen LogP) is 2.34. The number of imidazole rings is 1. The van der Waals surface area contributed by atoms with E-state index in [9.17, 15) is 0 Å². The van der Waals surface area contributed by atoms with E-state index < -0.39 is 0 Å². The molecule has 2 heterocycles. The number of hydrogen-bond acceptors (Lipinski definition) is 4. The second-order valence-corrected chi connectivity index (χ2v) is 4.77. The highest BCUT2D eigenvalue weighted by Crippen LogP contribution is 2.30. The van der Waals surface area contributed by atoms with Crippen molar-refractivity contribution in [3.63, 3.8) is 0 Å². The SMILES string of the molecule is CCCNc1cn2ccnc2c(OCC2CC2)n1. The maximum Gasteiger partial charge on any atom is 0.260 e. The maximum atomic E-state index is 5.79. The summed E-state index contributed by atoms with van der Waals surface area (Å²) in [5, 5.41) is 3.28. The van der Waals surface area contributed by atoms with Gasteiger partial charge in [-0.25, -0.2) is 4.98 Å². The third kappa shape index (κ3) is 2.39. The molecule has 5 heteroatoms. The fraction of sp³-hybridized carbons (Fsp3) is 0.538. The molecule has 0 radical (unpaired) electrons. The molecule has 1 aliphatic carbocycles. The monoisotopic (exact) mass is 246 g/mol. The van der Waals surface area contributed by atoms with Crippen LogP contribution >= 0.6 is 0 Å². The zero-order chi connectivity index (χ0) is 12.4. The summed E-state index contributed by atoms with van der Waals surface area (Å²) < 4.78 is 7.74. The summed E-state index contributed by atoms with van der Waals surface area (Å²) >= 11 is 0. The first-order chi connectivity index (χ1) is 8.86. The molecule has 0 saturated heterocycles. The largest absolute Gasteiger partial charge is 0.475 e. The third-order valence-corrected chi connectivity index (χ3v) is 3.05. The van der Waals surface area contributed by atoms with Crippen molar-refractivity contribution in [1.82, 2.24) is 14.4 Å². The highest BCUT2D eigenvalue weighted by molar-refractivity contribution is 5.53. The topological polar surface area (TPSA) is 51.5 Å². The first-order valence-electron chi connectivity index (χ1n) is 6.57. The van der Waals surface area contributed by atoms with E-state index in [0.717, 1.165) is 31.0 Å². The third-order valence-electron chi connectivity index (χ3n) is 3.05. The van der Waals surface area contributed by atoms with Gasteiger partial charge in [-0.3, -0.25) is 4.40 Å². The van der Waals surface area contributed by atoms with Gasteiger partial charge in [-0.1, -0.05) is 6.92 Å². The van der Waals surface area contributed by atoms with E-state index in [0.29, 0.717) is 11.8 Å². The normalized spacial score (nSPS) is 14.9. The summed E-state index contributed by atoms with van der Waals surface area (Å²) in [5.41, 5.74) is 0.790. The van der Waals surface area contributed by atoms with Gasteiger partial charge >= 0.3 is 0 Å². The van der Waals surface area contributed by atoms with Crippen LogP contribution < -0.4 is 10.1 Å². The van der Waals surface area contributed by atoms with Crippen LogP contribution in [0.5, 0.6) is 5.88 Å². The Kier molecular flexibility index (Phi) is 3.04. The zero-order valence-electron chi connectivity index (χ0n) is 10.6. The van der Waals surface area contributed by atoms with Crippen molar-refractivity contribution < 1.29 is 4.74 Å². The molecule has 5 nitrogen and oxygen atoms in total. The average molecular weight is 246 g/mol. The van der Waals surface area contributed by atoms with Gasteiger partial charge in [0, 0.05) is 18.9 Å². The van der Waals surface area contributed by atoms with Crippen molar-refractivity contribution in [2.75, 3.05) is 18.5 Å². The highest BCUT2D eigenvalue weighted by Gasteiger charge is 2.23. The molecular weight excluding hydrogens is 228 g/mol. The van der Waals surface area contributed by atoms with E-state index in [1.807, 2.05) is 16.8 Å². The van der Waals surface area contributed by atoms with Crippen molar-refractivity contribution in [3.8, 4) is 5.88 Å². The molecule has 18 heavy (non-hydrogen) atoms. The molecule has 0 amide bonds. The van der Waals surface area contributed by atoms with Crippen LogP contribution in [-0.4, -0.2) is 27.5 Å². The Morgan fingerprint density at radius 2 is 2.39 bits per heavy atom. The second kappa shape index (κ2) is 4.84. The highest BCUT2D eigenvalue weighted by atomic mass is 16.5. The van der Waals surface area contributed by atoms with Crippen molar-refractivity contribution in [1.29, 1.82) is 0 Å². The average Bonchev–Trinajstić information content (AvgIpc) is 3.09. The molecule has 96 valence electrons. The van der Waals surface area contributed by atoms with Crippen molar-refractivity contribution >= 4 is 11.5 Å². The van der Waals surface area contributed by atoms with E-state index in [2.05, 4.69) is 22.2 Å². The summed E-state index contributed by atoms with van der Waals surface area (Å²) in [6.07, 6.45) is 9.25. The number of fused-ring (bicyclic) bond motifs is 1. The van der Waals surface area contributed by atoms with Gasteiger partial charge < -0.3 is 10.1 Å². The molecular formula is C13H18N4O. The van der Waals surface area contributed by atoms with Gasteiger partial charge in [0.15, 0.2) is 0 Å². The molecule has 0 aromatic carbocycles. The summed E-state index contributed by atoms with van der Waals surface area (Å²) in [4.78, 5) is 8.78. The molecule has 2 aromatic heterocycles. The Bertz CT molecular complexity index is 533. The lowest BCUT2D eigenvalue weighted by molar-refractivity contribution is 0.291. The number of nitrogens with zero attached hydrogens (tertiary/aromatic N) is 3. The molecule has 1 fully saturated rings. The number of hydrogen-bond donors (Lipinski definition) is 1. The van der Waals surface area contributed by atoms with Crippen LogP contribution in [0, 0.1) is 5.92 Å². The molecule has 0 atom stereocenters. The van der Waals surface area contributed by atoms with Crippen LogP contribution in [-0.2, 0) is 0 Å². The van der Waals surface area contributed by atoms with Crippen LogP contribution in [0.25, 0.3) is 5.65 Å². The number of aromatic nitrogens is 3. The van der Waals surface area contributed by atoms with Crippen molar-refractivity contribution in [2.24, 2.45) is 5.92 Å². The minimum absolute atomic E-state index is 0.632. The number of nitrogens with one attached hydrogen (secondary N) is 1. The van der Waals surface area contributed by atoms with Gasteiger partial charge in [0.2, 0.25) is 5.65 Å². The van der Waals surface area contributed by atoms with E-state index in [-0.39, 0.29) is 0 Å². The van der Waals surface area contributed by atoms with Crippen molar-refractivity contribution in [2.45, 2.75) is 26.2 Å². The Balaban J connectivity index is 1.84. The fourth-order valence-corrected chi connectivity index (χ4v) is 1.82. The minimum Gasteiger partial charge on any atom is -0.475 e. The predicted molar refractivity (Wildman–Crippen MR) is 70.0 cm³/mol. The molecule has 1 N–H and O–H groups in total.